The minimum Gasteiger partial charge on any atom is -0.542 e. The third-order valence-corrected chi connectivity index (χ3v) is 1.26. The number of aliphatic carboxylic acids is 1. The second-order valence-electron chi connectivity index (χ2n) is 1.96. The van der Waals surface area contributed by atoms with Gasteiger partial charge >= 0.3 is 0 Å². The quantitative estimate of drug-likeness (QED) is 0.476. The van der Waals surface area contributed by atoms with E-state index in [1.807, 2.05) is 0 Å². The third-order valence-electron chi connectivity index (χ3n) is 1.26. The zero-order chi connectivity index (χ0) is 7.44. The standard InChI is InChI=1S/C6H10O3/c1-3-4(2)5(7)6(8)9/h4H,3H2,1-2H3,(H,8,9)/p-1/t4-/m0/s1. The van der Waals surface area contributed by atoms with Gasteiger partial charge in [-0.3, -0.25) is 4.79 Å². The smallest absolute Gasteiger partial charge is 0.181 e. The third kappa shape index (κ3) is 2.26. The summed E-state index contributed by atoms with van der Waals surface area (Å²) >= 11 is 0. The van der Waals surface area contributed by atoms with Crippen molar-refractivity contribution < 1.29 is 14.7 Å². The van der Waals surface area contributed by atoms with Crippen LogP contribution in [0.1, 0.15) is 20.3 Å². The van der Waals surface area contributed by atoms with Gasteiger partial charge < -0.3 is 9.90 Å². The highest BCUT2D eigenvalue weighted by atomic mass is 16.4. The highest BCUT2D eigenvalue weighted by Crippen LogP contribution is 2.00. The van der Waals surface area contributed by atoms with Crippen LogP contribution in [0.3, 0.4) is 0 Å². The van der Waals surface area contributed by atoms with E-state index in [2.05, 4.69) is 0 Å². The number of carboxylic acids is 1. The van der Waals surface area contributed by atoms with Crippen LogP contribution in [0.2, 0.25) is 0 Å². The van der Waals surface area contributed by atoms with E-state index in [4.69, 9.17) is 0 Å². The van der Waals surface area contributed by atoms with Crippen LogP contribution in [0.5, 0.6) is 0 Å². The molecule has 0 saturated heterocycles. The molecule has 0 bridgehead atoms. The van der Waals surface area contributed by atoms with Gasteiger partial charge in [-0.15, -0.1) is 0 Å². The zero-order valence-corrected chi connectivity index (χ0v) is 5.51. The second-order valence-corrected chi connectivity index (χ2v) is 1.96. The van der Waals surface area contributed by atoms with Crippen LogP contribution < -0.4 is 5.11 Å². The van der Waals surface area contributed by atoms with Crippen LogP contribution in [0, 0.1) is 5.92 Å². The van der Waals surface area contributed by atoms with Gasteiger partial charge in [0.25, 0.3) is 0 Å². The van der Waals surface area contributed by atoms with Crippen LogP contribution in [0.25, 0.3) is 0 Å². The maximum Gasteiger partial charge on any atom is 0.181 e. The van der Waals surface area contributed by atoms with Crippen molar-refractivity contribution >= 4 is 11.8 Å². The molecule has 0 fully saturated rings. The first-order valence-corrected chi connectivity index (χ1v) is 2.84. The van der Waals surface area contributed by atoms with Gasteiger partial charge in [0.05, 0.1) is 0 Å². The fourth-order valence-corrected chi connectivity index (χ4v) is 0.387. The molecule has 3 nitrogen and oxygen atoms in total. The molecule has 0 aromatic carbocycles. The first-order valence-electron chi connectivity index (χ1n) is 2.84. The number of carbonyl (C=O) groups excluding carboxylic acids is 2. The number of hydrogen-bond donors (Lipinski definition) is 0. The molecule has 0 aliphatic carbocycles. The topological polar surface area (TPSA) is 57.2 Å². The Hall–Kier alpha value is -0.860. The molecule has 1 atom stereocenters. The zero-order valence-electron chi connectivity index (χ0n) is 5.51. The van der Waals surface area contributed by atoms with Crippen molar-refractivity contribution in [2.45, 2.75) is 20.3 Å². The Morgan fingerprint density at radius 3 is 2.11 bits per heavy atom. The van der Waals surface area contributed by atoms with Gasteiger partial charge in [0.2, 0.25) is 0 Å². The summed E-state index contributed by atoms with van der Waals surface area (Å²) in [6.07, 6.45) is 0.548. The van der Waals surface area contributed by atoms with Gasteiger partial charge in [0.15, 0.2) is 5.78 Å². The highest BCUT2D eigenvalue weighted by Gasteiger charge is 2.09. The molecule has 0 aliphatic rings. The summed E-state index contributed by atoms with van der Waals surface area (Å²) < 4.78 is 0. The molecule has 52 valence electrons. The molecule has 0 heterocycles. The Morgan fingerprint density at radius 1 is 1.56 bits per heavy atom. The van der Waals surface area contributed by atoms with Gasteiger partial charge in [-0.25, -0.2) is 0 Å². The van der Waals surface area contributed by atoms with Crippen molar-refractivity contribution in [3.8, 4) is 0 Å². The lowest BCUT2D eigenvalue weighted by molar-refractivity contribution is -0.300. The van der Waals surface area contributed by atoms with Crippen LogP contribution >= 0.6 is 0 Å². The number of ketones is 1. The Bertz CT molecular complexity index is 128. The van der Waals surface area contributed by atoms with Crippen molar-refractivity contribution in [2.75, 3.05) is 0 Å². The molecule has 0 aromatic heterocycles. The maximum absolute atomic E-state index is 10.4. The van der Waals surface area contributed by atoms with Gasteiger partial charge in [-0.1, -0.05) is 13.8 Å². The molecule has 0 aliphatic heterocycles. The summed E-state index contributed by atoms with van der Waals surface area (Å²) in [6, 6.07) is 0. The van der Waals surface area contributed by atoms with E-state index < -0.39 is 17.7 Å². The lowest BCUT2D eigenvalue weighted by atomic mass is 10.0. The Balaban J connectivity index is 3.88. The van der Waals surface area contributed by atoms with E-state index in [0.29, 0.717) is 6.42 Å². The van der Waals surface area contributed by atoms with Gasteiger partial charge in [-0.05, 0) is 6.42 Å². The van der Waals surface area contributed by atoms with Gasteiger partial charge in [0, 0.05) is 5.92 Å². The molecular formula is C6H9O3-. The van der Waals surface area contributed by atoms with Crippen molar-refractivity contribution in [3.05, 3.63) is 0 Å². The number of carboxylic acid groups (broad SMARTS) is 1. The van der Waals surface area contributed by atoms with Crippen LogP contribution in [-0.4, -0.2) is 11.8 Å². The minimum atomic E-state index is -1.58. The number of Topliss-reactive ketones (excluding diaryl/α,β-unsaturated/α-hetero) is 1. The molecule has 0 unspecified atom stereocenters. The molecule has 0 radical (unpaired) electrons. The largest absolute Gasteiger partial charge is 0.542 e. The van der Waals surface area contributed by atoms with E-state index in [1.54, 1.807) is 13.8 Å². The van der Waals surface area contributed by atoms with E-state index >= 15 is 0 Å². The molecule has 0 aromatic rings. The monoisotopic (exact) mass is 129 g/mol. The second kappa shape index (κ2) is 3.22. The first kappa shape index (κ1) is 8.14. The normalized spacial score (nSPS) is 12.7. The lowest BCUT2D eigenvalue weighted by Crippen LogP contribution is -2.35. The van der Waals surface area contributed by atoms with E-state index in [-0.39, 0.29) is 0 Å². The average molecular weight is 129 g/mol. The molecule has 0 saturated carbocycles. The number of rotatable bonds is 3. The predicted octanol–water partition coefficient (Wildman–Crippen LogP) is -0.649. The summed E-state index contributed by atoms with van der Waals surface area (Å²) in [4.78, 5) is 20.3. The Morgan fingerprint density at radius 2 is 2.00 bits per heavy atom. The minimum absolute atomic E-state index is 0.407. The van der Waals surface area contributed by atoms with Crippen molar-refractivity contribution in [1.82, 2.24) is 0 Å². The Labute approximate surface area is 53.7 Å². The fourth-order valence-electron chi connectivity index (χ4n) is 0.387. The molecular weight excluding hydrogens is 120 g/mol. The molecule has 0 rings (SSSR count). The Kier molecular flexibility index (Phi) is 2.91. The number of hydrogen-bond acceptors (Lipinski definition) is 3. The lowest BCUT2D eigenvalue weighted by Gasteiger charge is -2.05. The predicted molar refractivity (Wildman–Crippen MR) is 29.5 cm³/mol. The maximum atomic E-state index is 10.4. The average Bonchev–Trinajstić information content (AvgIpc) is 1.84. The first-order chi connectivity index (χ1) is 4.09. The van der Waals surface area contributed by atoms with Gasteiger partial charge in [-0.2, -0.15) is 0 Å². The van der Waals surface area contributed by atoms with Crippen molar-refractivity contribution in [3.63, 3.8) is 0 Å². The summed E-state index contributed by atoms with van der Waals surface area (Å²) in [7, 11) is 0. The van der Waals surface area contributed by atoms with E-state index in [9.17, 15) is 14.7 Å². The van der Waals surface area contributed by atoms with Crippen LogP contribution in [0.15, 0.2) is 0 Å². The summed E-state index contributed by atoms with van der Waals surface area (Å²) in [5, 5.41) is 9.84. The molecule has 0 N–H and O–H groups in total. The van der Waals surface area contributed by atoms with Crippen LogP contribution in [0.4, 0.5) is 0 Å². The van der Waals surface area contributed by atoms with Crippen molar-refractivity contribution in [1.29, 1.82) is 0 Å². The molecule has 3 heteroatoms. The van der Waals surface area contributed by atoms with E-state index in [0.717, 1.165) is 0 Å². The summed E-state index contributed by atoms with van der Waals surface area (Å²) in [5.41, 5.74) is 0. The highest BCUT2D eigenvalue weighted by molar-refractivity contribution is 6.32. The molecule has 0 amide bonds. The number of carbonyl (C=O) groups is 2. The summed E-state index contributed by atoms with van der Waals surface area (Å²) in [6.45, 7) is 3.32. The van der Waals surface area contributed by atoms with Gasteiger partial charge in [0.1, 0.15) is 5.97 Å². The summed E-state index contributed by atoms with van der Waals surface area (Å²) in [5.74, 6) is -2.79. The molecule has 9 heavy (non-hydrogen) atoms. The SMILES string of the molecule is CC[C@H](C)C(=O)C(=O)[O-]. The molecule has 0 spiro atoms. The van der Waals surface area contributed by atoms with E-state index in [1.165, 1.54) is 0 Å². The van der Waals surface area contributed by atoms with Crippen molar-refractivity contribution in [2.24, 2.45) is 5.92 Å². The van der Waals surface area contributed by atoms with Crippen LogP contribution in [-0.2, 0) is 9.59 Å². The fraction of sp³-hybridized carbons (Fsp3) is 0.667.